The zero-order chi connectivity index (χ0) is 14.4. The molecule has 0 fully saturated rings. The van der Waals surface area contributed by atoms with Crippen molar-refractivity contribution in [1.29, 1.82) is 0 Å². The first-order chi connectivity index (χ1) is 9.49. The van der Waals surface area contributed by atoms with Gasteiger partial charge < -0.3 is 10.4 Å². The number of aryl methyl sites for hydroxylation is 1. The number of non-ortho nitro benzene ring substituents is 1. The smallest absolute Gasteiger partial charge is 0.326 e. The van der Waals surface area contributed by atoms with E-state index in [-0.39, 0.29) is 17.5 Å². The number of nitro benzene ring substituents is 1. The molecule has 1 aromatic carbocycles. The van der Waals surface area contributed by atoms with E-state index in [1.807, 2.05) is 12.2 Å². The zero-order valence-electron chi connectivity index (χ0n) is 10.9. The number of fused-ring (bicyclic) bond motifs is 3. The quantitative estimate of drug-likeness (QED) is 0.491. The molecule has 20 heavy (non-hydrogen) atoms. The molecular weight excluding hydrogens is 260 g/mol. The minimum Gasteiger partial charge on any atom is -0.480 e. The van der Waals surface area contributed by atoms with E-state index in [4.69, 9.17) is 0 Å². The molecule has 2 N–H and O–H groups in total. The maximum atomic E-state index is 11.4. The number of aliphatic carboxylic acids is 1. The Balaban J connectivity index is 2.15. The van der Waals surface area contributed by atoms with Crippen LogP contribution in [0.15, 0.2) is 24.3 Å². The molecule has 3 atom stereocenters. The van der Waals surface area contributed by atoms with E-state index in [1.165, 1.54) is 6.07 Å². The molecule has 0 amide bonds. The van der Waals surface area contributed by atoms with E-state index in [2.05, 4.69) is 5.32 Å². The van der Waals surface area contributed by atoms with Crippen molar-refractivity contribution < 1.29 is 14.8 Å². The molecule has 0 radical (unpaired) electrons. The molecule has 0 bridgehead atoms. The van der Waals surface area contributed by atoms with Gasteiger partial charge in [0.25, 0.3) is 5.69 Å². The predicted octanol–water partition coefficient (Wildman–Crippen LogP) is 2.44. The van der Waals surface area contributed by atoms with Crippen molar-refractivity contribution in [2.24, 2.45) is 5.92 Å². The first-order valence-corrected chi connectivity index (χ1v) is 6.44. The van der Waals surface area contributed by atoms with Crippen LogP contribution >= 0.6 is 0 Å². The van der Waals surface area contributed by atoms with Gasteiger partial charge in [0.2, 0.25) is 0 Å². The minimum atomic E-state index is -0.882. The Bertz CT molecular complexity index is 638. The number of rotatable bonds is 2. The SMILES string of the molecule is Cc1cc([N+](=O)[O-])cc2c1N[C@@H](C(=O)O)[C@@H]1CC=C[C@@H]21. The van der Waals surface area contributed by atoms with Crippen molar-refractivity contribution in [2.75, 3.05) is 5.32 Å². The molecule has 104 valence electrons. The summed E-state index contributed by atoms with van der Waals surface area (Å²) in [5.41, 5.74) is 2.30. The van der Waals surface area contributed by atoms with Crippen LogP contribution in [0.5, 0.6) is 0 Å². The lowest BCUT2D eigenvalue weighted by Gasteiger charge is -2.35. The normalized spacial score (nSPS) is 26.6. The van der Waals surface area contributed by atoms with E-state index in [9.17, 15) is 20.0 Å². The Hall–Kier alpha value is -2.37. The topological polar surface area (TPSA) is 92.5 Å². The molecule has 6 nitrogen and oxygen atoms in total. The second-order valence-electron chi connectivity index (χ2n) is 5.30. The summed E-state index contributed by atoms with van der Waals surface area (Å²) in [5.74, 6) is -1.03. The molecule has 2 aliphatic rings. The van der Waals surface area contributed by atoms with Gasteiger partial charge in [0.1, 0.15) is 6.04 Å². The van der Waals surface area contributed by atoms with Crippen LogP contribution < -0.4 is 5.32 Å². The van der Waals surface area contributed by atoms with Gasteiger partial charge in [-0.1, -0.05) is 12.2 Å². The molecule has 3 rings (SSSR count). The highest BCUT2D eigenvalue weighted by molar-refractivity contribution is 5.82. The number of nitrogens with one attached hydrogen (secondary N) is 1. The number of allylic oxidation sites excluding steroid dienone is 2. The van der Waals surface area contributed by atoms with E-state index < -0.39 is 16.9 Å². The maximum Gasteiger partial charge on any atom is 0.326 e. The number of hydrogen-bond acceptors (Lipinski definition) is 4. The summed E-state index contributed by atoms with van der Waals surface area (Å²) in [5, 5.41) is 23.4. The van der Waals surface area contributed by atoms with Gasteiger partial charge in [0, 0.05) is 29.7 Å². The van der Waals surface area contributed by atoms with E-state index in [0.29, 0.717) is 12.0 Å². The first-order valence-electron chi connectivity index (χ1n) is 6.44. The average molecular weight is 274 g/mol. The Kier molecular flexibility index (Phi) is 2.74. The lowest BCUT2D eigenvalue weighted by atomic mass is 9.78. The molecule has 1 heterocycles. The summed E-state index contributed by atoms with van der Waals surface area (Å²) in [6, 6.07) is 2.38. The largest absolute Gasteiger partial charge is 0.480 e. The Morgan fingerprint density at radius 2 is 2.25 bits per heavy atom. The van der Waals surface area contributed by atoms with E-state index in [1.54, 1.807) is 13.0 Å². The molecule has 0 spiro atoms. The summed E-state index contributed by atoms with van der Waals surface area (Å²) in [7, 11) is 0. The third kappa shape index (κ3) is 1.76. The van der Waals surface area contributed by atoms with Gasteiger partial charge in [-0.25, -0.2) is 4.79 Å². The predicted molar refractivity (Wildman–Crippen MR) is 72.9 cm³/mol. The third-order valence-electron chi connectivity index (χ3n) is 4.13. The molecule has 1 aliphatic heterocycles. The fourth-order valence-corrected chi connectivity index (χ4v) is 3.22. The lowest BCUT2D eigenvalue weighted by Crippen LogP contribution is -2.42. The number of nitro groups is 1. The second kappa shape index (κ2) is 4.33. The number of nitrogens with zero attached hydrogens (tertiary/aromatic N) is 1. The zero-order valence-corrected chi connectivity index (χ0v) is 10.9. The van der Waals surface area contributed by atoms with Crippen LogP contribution in [-0.4, -0.2) is 22.0 Å². The van der Waals surface area contributed by atoms with Gasteiger partial charge in [-0.15, -0.1) is 0 Å². The number of carboxylic acid groups (broad SMARTS) is 1. The van der Waals surface area contributed by atoms with Crippen LogP contribution in [0.4, 0.5) is 11.4 Å². The summed E-state index contributed by atoms with van der Waals surface area (Å²) < 4.78 is 0. The summed E-state index contributed by atoms with van der Waals surface area (Å²) in [6.45, 7) is 1.76. The van der Waals surface area contributed by atoms with Gasteiger partial charge in [-0.05, 0) is 24.5 Å². The minimum absolute atomic E-state index is 0.0517. The fraction of sp³-hybridized carbons (Fsp3) is 0.357. The monoisotopic (exact) mass is 274 g/mol. The van der Waals surface area contributed by atoms with E-state index >= 15 is 0 Å². The molecule has 6 heteroatoms. The number of benzene rings is 1. The van der Waals surface area contributed by atoms with Crippen molar-refractivity contribution in [2.45, 2.75) is 25.3 Å². The number of hydrogen-bond donors (Lipinski definition) is 2. The van der Waals surface area contributed by atoms with Gasteiger partial charge in [-0.2, -0.15) is 0 Å². The average Bonchev–Trinajstić information content (AvgIpc) is 2.86. The molecular formula is C14H14N2O4. The van der Waals surface area contributed by atoms with Crippen molar-refractivity contribution in [1.82, 2.24) is 0 Å². The highest BCUT2D eigenvalue weighted by Gasteiger charge is 2.41. The molecule has 0 saturated carbocycles. The standard InChI is InChI=1S/C14H14N2O4/c1-7-5-8(16(19)20)6-11-9-3-2-4-10(9)13(14(17)18)15-12(7)11/h2-3,5-6,9-10,13,15H,4H2,1H3,(H,17,18)/t9-,10-,13-/m1/s1. The molecule has 0 unspecified atom stereocenters. The van der Waals surface area contributed by atoms with Crippen molar-refractivity contribution in [3.8, 4) is 0 Å². The van der Waals surface area contributed by atoms with Crippen LogP contribution in [0.1, 0.15) is 23.5 Å². The highest BCUT2D eigenvalue weighted by atomic mass is 16.6. The van der Waals surface area contributed by atoms with Crippen molar-refractivity contribution in [3.05, 3.63) is 45.5 Å². The van der Waals surface area contributed by atoms with Crippen LogP contribution in [0.2, 0.25) is 0 Å². The van der Waals surface area contributed by atoms with Gasteiger partial charge in [0.15, 0.2) is 0 Å². The van der Waals surface area contributed by atoms with Crippen LogP contribution in [-0.2, 0) is 4.79 Å². The molecule has 1 aromatic rings. The Morgan fingerprint density at radius 1 is 1.50 bits per heavy atom. The molecule has 0 aromatic heterocycles. The Morgan fingerprint density at radius 3 is 2.90 bits per heavy atom. The van der Waals surface area contributed by atoms with Crippen molar-refractivity contribution >= 4 is 17.3 Å². The summed E-state index contributed by atoms with van der Waals surface area (Å²) in [4.78, 5) is 22.0. The van der Waals surface area contributed by atoms with Gasteiger partial charge in [-0.3, -0.25) is 10.1 Å². The highest BCUT2D eigenvalue weighted by Crippen LogP contribution is 2.46. The van der Waals surface area contributed by atoms with E-state index in [0.717, 1.165) is 11.3 Å². The Labute approximate surface area is 115 Å². The van der Waals surface area contributed by atoms with Gasteiger partial charge >= 0.3 is 5.97 Å². The van der Waals surface area contributed by atoms with Crippen molar-refractivity contribution in [3.63, 3.8) is 0 Å². The van der Waals surface area contributed by atoms with Gasteiger partial charge in [0.05, 0.1) is 4.92 Å². The number of anilines is 1. The lowest BCUT2D eigenvalue weighted by molar-refractivity contribution is -0.385. The number of carboxylic acids is 1. The third-order valence-corrected chi connectivity index (χ3v) is 4.13. The van der Waals surface area contributed by atoms with Crippen LogP contribution in [0.25, 0.3) is 0 Å². The van der Waals surface area contributed by atoms with Crippen LogP contribution in [0.3, 0.4) is 0 Å². The van der Waals surface area contributed by atoms with Crippen LogP contribution in [0, 0.1) is 23.0 Å². The maximum absolute atomic E-state index is 11.4. The molecule has 1 aliphatic carbocycles. The second-order valence-corrected chi connectivity index (χ2v) is 5.30. The summed E-state index contributed by atoms with van der Waals surface area (Å²) >= 11 is 0. The fourth-order valence-electron chi connectivity index (χ4n) is 3.22. The number of carbonyl (C=O) groups is 1. The first kappa shape index (κ1) is 12.7. The summed E-state index contributed by atoms with van der Waals surface area (Å²) in [6.07, 6.45) is 4.59. The molecule has 0 saturated heterocycles.